The van der Waals surface area contributed by atoms with Crippen molar-refractivity contribution in [2.75, 3.05) is 92.0 Å². The van der Waals surface area contributed by atoms with E-state index < -0.39 is 15.0 Å². The highest BCUT2D eigenvalue weighted by atomic mass is 32.2. The van der Waals surface area contributed by atoms with Crippen LogP contribution in [-0.4, -0.2) is 115 Å². The molecule has 352 valence electrons. The average molecular weight is 971 g/mol. The highest BCUT2D eigenvalue weighted by molar-refractivity contribution is 7.86. The standard InChI is InChI=1S/C43H50N14O7S3/c1-7-55(8-2)26-11-14-29(51-53-42-46-31-16-13-28(63-5)25-36(31)65-42)33(23-26)44-39-48-40(50-41(49-39)57(19-21-58)20-22-59)45-34-24-27(56(9-3)10-4)12-15-30(34)52-54-43-47-32-17-18-35(64-6)38(37(32)66-43)67(60,61)62/h11-18,23-25,58-59H,7-10,19-22H2,1-6H3,(H,60,61,62)(H2,44,45,48,49,50)/b53-51+,54-52+. The minimum atomic E-state index is -4.67. The predicted octanol–water partition coefficient (Wildman–Crippen LogP) is 9.16. The lowest BCUT2D eigenvalue weighted by Gasteiger charge is -2.24. The van der Waals surface area contributed by atoms with Gasteiger partial charge in [-0.3, -0.25) is 4.55 Å². The zero-order chi connectivity index (χ0) is 47.7. The van der Waals surface area contributed by atoms with E-state index in [2.05, 4.69) is 64.7 Å². The second-order valence-corrected chi connectivity index (χ2v) is 17.7. The van der Waals surface area contributed by atoms with Gasteiger partial charge in [-0.1, -0.05) is 22.7 Å². The summed E-state index contributed by atoms with van der Waals surface area (Å²) in [6.45, 7) is 10.9. The summed E-state index contributed by atoms with van der Waals surface area (Å²) in [7, 11) is -1.76. The van der Waals surface area contributed by atoms with Crippen LogP contribution in [-0.2, 0) is 10.1 Å². The van der Waals surface area contributed by atoms with Crippen LogP contribution in [0.4, 0.5) is 62.2 Å². The Hall–Kier alpha value is -6.70. The molecule has 7 rings (SSSR count). The molecule has 0 unspecified atom stereocenters. The summed E-state index contributed by atoms with van der Waals surface area (Å²) in [5.74, 6) is 1.02. The van der Waals surface area contributed by atoms with E-state index in [0.29, 0.717) is 46.7 Å². The molecule has 0 amide bonds. The first-order valence-corrected chi connectivity index (χ1v) is 24.3. The molecule has 3 aromatic heterocycles. The second kappa shape index (κ2) is 21.7. The van der Waals surface area contributed by atoms with Crippen molar-refractivity contribution < 1.29 is 32.7 Å². The lowest BCUT2D eigenvalue weighted by Crippen LogP contribution is -2.31. The average Bonchev–Trinajstić information content (AvgIpc) is 3.94. The van der Waals surface area contributed by atoms with Crippen molar-refractivity contribution in [2.45, 2.75) is 32.6 Å². The molecule has 0 fully saturated rings. The van der Waals surface area contributed by atoms with Gasteiger partial charge in [-0.15, -0.1) is 20.5 Å². The van der Waals surface area contributed by atoms with Crippen molar-refractivity contribution in [1.29, 1.82) is 0 Å². The predicted molar refractivity (Wildman–Crippen MR) is 263 cm³/mol. The molecule has 0 saturated carbocycles. The minimum Gasteiger partial charge on any atom is -0.497 e. The van der Waals surface area contributed by atoms with Crippen molar-refractivity contribution in [2.24, 2.45) is 20.5 Å². The number of aliphatic hydroxyl groups excluding tert-OH is 2. The lowest BCUT2D eigenvalue weighted by atomic mass is 10.2. The van der Waals surface area contributed by atoms with Gasteiger partial charge in [0.25, 0.3) is 10.1 Å². The van der Waals surface area contributed by atoms with E-state index in [1.165, 1.54) is 24.5 Å². The van der Waals surface area contributed by atoms with Gasteiger partial charge in [-0.25, -0.2) is 9.97 Å². The van der Waals surface area contributed by atoms with Crippen LogP contribution in [0.25, 0.3) is 20.4 Å². The summed E-state index contributed by atoms with van der Waals surface area (Å²) >= 11 is 2.30. The molecular formula is C43H50N14O7S3. The summed E-state index contributed by atoms with van der Waals surface area (Å²) in [4.78, 5) is 28.9. The largest absolute Gasteiger partial charge is 0.497 e. The second-order valence-electron chi connectivity index (χ2n) is 14.4. The minimum absolute atomic E-state index is 0.0360. The number of nitrogens with zero attached hydrogens (tertiary/aromatic N) is 12. The van der Waals surface area contributed by atoms with E-state index in [4.69, 9.17) is 24.4 Å². The number of aromatic nitrogens is 5. The number of anilines is 7. The zero-order valence-corrected chi connectivity index (χ0v) is 40.0. The Morgan fingerprint density at radius 1 is 0.627 bits per heavy atom. The first kappa shape index (κ1) is 48.2. The van der Waals surface area contributed by atoms with E-state index in [1.807, 2.05) is 62.4 Å². The van der Waals surface area contributed by atoms with Gasteiger partial charge in [0.1, 0.15) is 22.9 Å². The molecular weight excluding hydrogens is 921 g/mol. The fraction of sp³-hybridized carbons (Fsp3) is 0.326. The molecule has 24 heteroatoms. The highest BCUT2D eigenvalue weighted by Gasteiger charge is 2.24. The third kappa shape index (κ3) is 11.3. The van der Waals surface area contributed by atoms with E-state index in [-0.39, 0.29) is 65.2 Å². The van der Waals surface area contributed by atoms with Gasteiger partial charge in [0.2, 0.25) is 28.1 Å². The smallest absolute Gasteiger partial charge is 0.299 e. The summed E-state index contributed by atoms with van der Waals surface area (Å²) in [6, 6.07) is 19.9. The van der Waals surface area contributed by atoms with Crippen molar-refractivity contribution in [1.82, 2.24) is 24.9 Å². The maximum atomic E-state index is 12.4. The van der Waals surface area contributed by atoms with E-state index >= 15 is 0 Å². The number of hydrogen-bond donors (Lipinski definition) is 5. The van der Waals surface area contributed by atoms with Gasteiger partial charge in [-0.2, -0.15) is 23.4 Å². The zero-order valence-electron chi connectivity index (χ0n) is 37.6. The number of fused-ring (bicyclic) bond motifs is 2. The number of nitrogens with one attached hydrogen (secondary N) is 2. The number of methoxy groups -OCH3 is 2. The Bertz CT molecular complexity index is 3010. The molecule has 0 spiro atoms. The van der Waals surface area contributed by atoms with Crippen LogP contribution in [0.3, 0.4) is 0 Å². The van der Waals surface area contributed by atoms with Crippen LogP contribution >= 0.6 is 22.7 Å². The maximum absolute atomic E-state index is 12.4. The highest BCUT2D eigenvalue weighted by Crippen LogP contribution is 2.41. The van der Waals surface area contributed by atoms with Crippen LogP contribution in [0.1, 0.15) is 27.7 Å². The van der Waals surface area contributed by atoms with Gasteiger partial charge in [0.15, 0.2) is 4.90 Å². The first-order valence-electron chi connectivity index (χ1n) is 21.2. The number of azo groups is 2. The fourth-order valence-electron chi connectivity index (χ4n) is 7.05. The Balaban J connectivity index is 1.31. The van der Waals surface area contributed by atoms with E-state index in [0.717, 1.165) is 46.0 Å². The van der Waals surface area contributed by atoms with Crippen LogP contribution in [0.2, 0.25) is 0 Å². The lowest BCUT2D eigenvalue weighted by molar-refractivity contribution is 0.280. The first-order chi connectivity index (χ1) is 32.4. The number of rotatable bonds is 22. The van der Waals surface area contributed by atoms with Gasteiger partial charge < -0.3 is 45.0 Å². The molecule has 67 heavy (non-hydrogen) atoms. The topological polar surface area (TPSA) is 261 Å². The Morgan fingerprint density at radius 2 is 1.16 bits per heavy atom. The van der Waals surface area contributed by atoms with Crippen LogP contribution in [0, 0.1) is 0 Å². The molecule has 21 nitrogen and oxygen atoms in total. The Labute approximate surface area is 394 Å². The Morgan fingerprint density at radius 3 is 1.67 bits per heavy atom. The molecule has 0 aliphatic rings. The summed E-state index contributed by atoms with van der Waals surface area (Å²) < 4.78 is 46.4. The third-order valence-electron chi connectivity index (χ3n) is 10.4. The Kier molecular flexibility index (Phi) is 15.6. The molecule has 0 aliphatic carbocycles. The molecule has 0 atom stereocenters. The molecule has 0 radical (unpaired) electrons. The quantitative estimate of drug-likeness (QED) is 0.0313. The molecule has 0 bridgehead atoms. The SMILES string of the molecule is CCN(CC)c1ccc(/N=N/c2nc3ccc(OC)cc3s2)c(Nc2nc(Nc3cc(N(CC)CC)ccc3/N=N/c3nc4ccc(OC)c(S(=O)(=O)O)c4s3)nc(N(CCO)CCO)n2)c1. The number of hydrogen-bond acceptors (Lipinski definition) is 22. The third-order valence-corrected chi connectivity index (χ3v) is 13.3. The normalized spacial score (nSPS) is 11.8. The molecule has 0 aliphatic heterocycles. The number of thiazole rings is 2. The summed E-state index contributed by atoms with van der Waals surface area (Å²) in [5, 5.41) is 45.3. The number of ether oxygens (including phenoxy) is 2. The van der Waals surface area contributed by atoms with Crippen LogP contribution in [0.15, 0.2) is 92.1 Å². The molecule has 4 aromatic carbocycles. The molecule has 7 aromatic rings. The number of benzene rings is 4. The summed E-state index contributed by atoms with van der Waals surface area (Å²) in [6.07, 6.45) is 0. The van der Waals surface area contributed by atoms with Gasteiger partial charge in [-0.05, 0) is 94.4 Å². The number of aliphatic hydroxyl groups is 2. The van der Waals surface area contributed by atoms with Gasteiger partial charge in [0.05, 0.1) is 59.2 Å². The van der Waals surface area contributed by atoms with E-state index in [9.17, 15) is 23.2 Å². The fourth-order valence-corrected chi connectivity index (χ4v) is 9.87. The van der Waals surface area contributed by atoms with Crippen molar-refractivity contribution in [3.63, 3.8) is 0 Å². The van der Waals surface area contributed by atoms with Crippen LogP contribution < -0.4 is 34.8 Å². The van der Waals surface area contributed by atoms with Crippen molar-refractivity contribution >= 4 is 115 Å². The van der Waals surface area contributed by atoms with Crippen molar-refractivity contribution in [3.05, 3.63) is 66.7 Å². The van der Waals surface area contributed by atoms with Crippen LogP contribution in [0.5, 0.6) is 11.5 Å². The van der Waals surface area contributed by atoms with Gasteiger partial charge in [0, 0.05) is 50.6 Å². The monoisotopic (exact) mass is 970 g/mol. The molecule has 3 heterocycles. The van der Waals surface area contributed by atoms with E-state index in [1.54, 1.807) is 24.1 Å². The summed E-state index contributed by atoms with van der Waals surface area (Å²) in [5.41, 5.74) is 4.62. The molecule has 5 N–H and O–H groups in total. The van der Waals surface area contributed by atoms with Crippen molar-refractivity contribution in [3.8, 4) is 11.5 Å². The maximum Gasteiger partial charge on any atom is 0.299 e. The molecule has 0 saturated heterocycles. The van der Waals surface area contributed by atoms with Gasteiger partial charge >= 0.3 is 0 Å².